The van der Waals surface area contributed by atoms with Gasteiger partial charge in [0, 0.05) is 28.8 Å². The fraction of sp³-hybridized carbons (Fsp3) is 0.235. The highest BCUT2D eigenvalue weighted by Gasteiger charge is 2.47. The molecule has 0 saturated carbocycles. The van der Waals surface area contributed by atoms with Crippen molar-refractivity contribution in [3.05, 3.63) is 64.1 Å². The predicted octanol–water partition coefficient (Wildman–Crippen LogP) is 4.55. The minimum atomic E-state index is -0.150. The van der Waals surface area contributed by atoms with Crippen LogP contribution in [0.2, 0.25) is 10.0 Å². The van der Waals surface area contributed by atoms with Crippen molar-refractivity contribution in [2.75, 3.05) is 18.0 Å². The number of urea groups is 1. The van der Waals surface area contributed by atoms with Crippen molar-refractivity contribution in [1.82, 2.24) is 10.0 Å². The summed E-state index contributed by atoms with van der Waals surface area (Å²) in [4.78, 5) is 14.7. The zero-order valence-electron chi connectivity index (χ0n) is 12.3. The molecule has 4 rings (SSSR count). The average molecular weight is 348 g/mol. The van der Waals surface area contributed by atoms with Crippen molar-refractivity contribution in [2.24, 2.45) is 0 Å². The molecule has 2 aliphatic heterocycles. The highest BCUT2D eigenvalue weighted by molar-refractivity contribution is 6.30. The number of anilines is 1. The van der Waals surface area contributed by atoms with E-state index in [1.54, 1.807) is 0 Å². The molecule has 2 aliphatic rings. The van der Waals surface area contributed by atoms with Gasteiger partial charge in [0.15, 0.2) is 0 Å². The third-order valence-electron chi connectivity index (χ3n) is 4.29. The van der Waals surface area contributed by atoms with Crippen molar-refractivity contribution >= 4 is 34.9 Å². The Morgan fingerprint density at radius 1 is 0.870 bits per heavy atom. The average Bonchev–Trinajstić information content (AvgIpc) is 3.12. The maximum absolute atomic E-state index is 12.9. The molecule has 2 fully saturated rings. The molecule has 23 heavy (non-hydrogen) atoms. The molecule has 2 amide bonds. The van der Waals surface area contributed by atoms with Gasteiger partial charge >= 0.3 is 6.03 Å². The molecule has 6 heteroatoms. The molecule has 0 radical (unpaired) electrons. The van der Waals surface area contributed by atoms with E-state index in [9.17, 15) is 4.79 Å². The first-order valence-electron chi connectivity index (χ1n) is 7.53. The second kappa shape index (κ2) is 5.71. The number of hydrogen-bond acceptors (Lipinski definition) is 2. The number of halogens is 2. The Morgan fingerprint density at radius 2 is 1.48 bits per heavy atom. The molecule has 2 saturated heterocycles. The summed E-state index contributed by atoms with van der Waals surface area (Å²) in [5.41, 5.74) is 1.89. The maximum Gasteiger partial charge on any atom is 0.340 e. The lowest BCUT2D eigenvalue weighted by Gasteiger charge is -2.28. The smallest absolute Gasteiger partial charge is 0.271 e. The third-order valence-corrected chi connectivity index (χ3v) is 4.80. The number of amides is 2. The molecule has 118 valence electrons. The topological polar surface area (TPSA) is 26.8 Å². The molecule has 2 aromatic rings. The zero-order valence-corrected chi connectivity index (χ0v) is 13.8. The number of hydrazine groups is 1. The van der Waals surface area contributed by atoms with E-state index >= 15 is 0 Å². The van der Waals surface area contributed by atoms with Crippen LogP contribution in [0, 0.1) is 0 Å². The van der Waals surface area contributed by atoms with Crippen molar-refractivity contribution in [2.45, 2.75) is 12.6 Å². The Balaban J connectivity index is 1.79. The monoisotopic (exact) mass is 347 g/mol. The molecule has 0 bridgehead atoms. The molecule has 0 unspecified atom stereocenters. The van der Waals surface area contributed by atoms with Gasteiger partial charge in [-0.25, -0.2) is 4.79 Å². The van der Waals surface area contributed by atoms with Gasteiger partial charge in [-0.1, -0.05) is 35.3 Å². The normalized spacial score (nSPS) is 21.1. The van der Waals surface area contributed by atoms with Crippen LogP contribution < -0.4 is 4.90 Å². The fourth-order valence-corrected chi connectivity index (χ4v) is 3.52. The van der Waals surface area contributed by atoms with Crippen molar-refractivity contribution in [1.29, 1.82) is 0 Å². The summed E-state index contributed by atoms with van der Waals surface area (Å²) in [5.74, 6) is 0. The highest BCUT2D eigenvalue weighted by Crippen LogP contribution is 2.40. The van der Waals surface area contributed by atoms with Crippen LogP contribution in [0.15, 0.2) is 48.5 Å². The van der Waals surface area contributed by atoms with Gasteiger partial charge in [0.05, 0.1) is 0 Å². The predicted molar refractivity (Wildman–Crippen MR) is 91.5 cm³/mol. The van der Waals surface area contributed by atoms with Gasteiger partial charge in [0.25, 0.3) is 0 Å². The van der Waals surface area contributed by atoms with Gasteiger partial charge < -0.3 is 0 Å². The first kappa shape index (κ1) is 14.8. The molecular weight excluding hydrogens is 333 g/mol. The Bertz CT molecular complexity index is 733. The number of nitrogens with zero attached hydrogens (tertiary/aromatic N) is 3. The van der Waals surface area contributed by atoms with Crippen LogP contribution in [0.5, 0.6) is 0 Å². The van der Waals surface area contributed by atoms with Gasteiger partial charge in [-0.2, -0.15) is 5.01 Å². The van der Waals surface area contributed by atoms with Gasteiger partial charge in [0.1, 0.15) is 6.17 Å². The van der Waals surface area contributed by atoms with Crippen LogP contribution in [0.3, 0.4) is 0 Å². The minimum absolute atomic E-state index is 0.00442. The summed E-state index contributed by atoms with van der Waals surface area (Å²) >= 11 is 12.0. The molecule has 0 aliphatic carbocycles. The van der Waals surface area contributed by atoms with Gasteiger partial charge in [-0.3, -0.25) is 9.91 Å². The minimum Gasteiger partial charge on any atom is -0.271 e. The Labute approximate surface area is 144 Å². The zero-order chi connectivity index (χ0) is 16.0. The highest BCUT2D eigenvalue weighted by atomic mass is 35.5. The van der Waals surface area contributed by atoms with Gasteiger partial charge in [-0.05, 0) is 48.4 Å². The lowest BCUT2D eigenvalue weighted by Crippen LogP contribution is -2.32. The first-order chi connectivity index (χ1) is 11.1. The number of rotatable bonds is 2. The van der Waals surface area contributed by atoms with E-state index in [1.807, 2.05) is 58.4 Å². The fourth-order valence-electron chi connectivity index (χ4n) is 3.26. The summed E-state index contributed by atoms with van der Waals surface area (Å²) in [7, 11) is 0. The van der Waals surface area contributed by atoms with E-state index in [-0.39, 0.29) is 12.2 Å². The van der Waals surface area contributed by atoms with Crippen molar-refractivity contribution in [3.63, 3.8) is 0 Å². The van der Waals surface area contributed by atoms with Gasteiger partial charge in [0.2, 0.25) is 0 Å². The molecule has 2 aromatic carbocycles. The second-order valence-electron chi connectivity index (χ2n) is 5.69. The molecule has 2 heterocycles. The lowest BCUT2D eigenvalue weighted by molar-refractivity contribution is 0.0728. The molecule has 0 spiro atoms. The van der Waals surface area contributed by atoms with Crippen molar-refractivity contribution < 1.29 is 4.79 Å². The summed E-state index contributed by atoms with van der Waals surface area (Å²) in [6.07, 6.45) is 0.841. The Kier molecular flexibility index (Phi) is 3.68. The third kappa shape index (κ3) is 2.47. The molecule has 0 aromatic heterocycles. The summed E-state index contributed by atoms with van der Waals surface area (Å²) in [6, 6.07) is 15.1. The second-order valence-corrected chi connectivity index (χ2v) is 6.57. The number of hydrogen-bond donors (Lipinski definition) is 0. The molecular formula is C17H15Cl2N3O. The summed E-state index contributed by atoms with van der Waals surface area (Å²) in [5, 5.41) is 5.30. The van der Waals surface area contributed by atoms with Gasteiger partial charge in [-0.15, -0.1) is 0 Å². The molecule has 1 atom stereocenters. The van der Waals surface area contributed by atoms with Crippen LogP contribution >= 0.6 is 23.2 Å². The Morgan fingerprint density at radius 3 is 2.13 bits per heavy atom. The number of carbonyl (C=O) groups excluding carboxylic acids is 1. The number of fused-ring (bicyclic) bond motifs is 1. The van der Waals surface area contributed by atoms with E-state index < -0.39 is 0 Å². The van der Waals surface area contributed by atoms with E-state index in [0.29, 0.717) is 10.0 Å². The van der Waals surface area contributed by atoms with E-state index in [4.69, 9.17) is 23.2 Å². The van der Waals surface area contributed by atoms with Crippen LogP contribution in [0.25, 0.3) is 0 Å². The Hall–Kier alpha value is -1.75. The standard InChI is InChI=1S/C17H15Cl2N3O/c18-13-4-2-12(3-5-13)16-20-10-1-11-21(20)17(23)22(16)15-8-6-14(19)7-9-15/h2-9,16H,1,10-11H2/t16-/m0/s1. The quantitative estimate of drug-likeness (QED) is 0.796. The lowest BCUT2D eigenvalue weighted by atomic mass is 10.1. The number of carbonyl (C=O) groups is 1. The van der Waals surface area contributed by atoms with E-state index in [2.05, 4.69) is 5.01 Å². The van der Waals surface area contributed by atoms with Crippen LogP contribution in [0.1, 0.15) is 18.2 Å². The van der Waals surface area contributed by atoms with Crippen LogP contribution in [-0.2, 0) is 0 Å². The van der Waals surface area contributed by atoms with Crippen molar-refractivity contribution in [3.8, 4) is 0 Å². The summed E-state index contributed by atoms with van der Waals surface area (Å²) < 4.78 is 0. The molecule has 4 nitrogen and oxygen atoms in total. The SMILES string of the molecule is O=C1N(c2ccc(Cl)cc2)[C@@H](c2ccc(Cl)cc2)N2CCCN12. The summed E-state index contributed by atoms with van der Waals surface area (Å²) in [6.45, 7) is 1.62. The maximum atomic E-state index is 12.9. The number of benzene rings is 2. The van der Waals surface area contributed by atoms with E-state index in [1.165, 1.54) is 0 Å². The first-order valence-corrected chi connectivity index (χ1v) is 8.29. The van der Waals surface area contributed by atoms with Crippen LogP contribution in [-0.4, -0.2) is 29.1 Å². The van der Waals surface area contributed by atoms with Crippen LogP contribution in [0.4, 0.5) is 10.5 Å². The largest absolute Gasteiger partial charge is 0.340 e. The molecule has 0 N–H and O–H groups in total. The van der Waals surface area contributed by atoms with E-state index in [0.717, 1.165) is 30.8 Å².